The normalized spacial score (nSPS) is 20.5. The Labute approximate surface area is 190 Å². The zero-order chi connectivity index (χ0) is 22.9. The van der Waals surface area contributed by atoms with E-state index in [0.717, 1.165) is 10.6 Å². The molecular formula is C22H27N5O4S. The van der Waals surface area contributed by atoms with Crippen molar-refractivity contribution in [1.82, 2.24) is 20.2 Å². The van der Waals surface area contributed by atoms with Crippen molar-refractivity contribution in [2.24, 2.45) is 5.92 Å². The molecule has 4 rings (SSSR count). The van der Waals surface area contributed by atoms with Gasteiger partial charge in [0.25, 0.3) is 0 Å². The lowest BCUT2D eigenvalue weighted by molar-refractivity contribution is -0.119. The number of nitrogens with one attached hydrogen (secondary N) is 2. The Hall–Kier alpha value is -2.85. The molecular weight excluding hydrogens is 430 g/mol. The SMILES string of the molecule is CC(C)(C)OC(=O)N1CC[C@H](C(=O)Nc2nc3c(s2)C(C(=O)c2cccnc2)NCC3)C1. The highest BCUT2D eigenvalue weighted by Crippen LogP contribution is 2.34. The van der Waals surface area contributed by atoms with E-state index in [-0.39, 0.29) is 17.6 Å². The number of hydrogen-bond acceptors (Lipinski definition) is 8. The molecule has 2 aromatic heterocycles. The summed E-state index contributed by atoms with van der Waals surface area (Å²) in [5, 5.41) is 6.62. The van der Waals surface area contributed by atoms with E-state index in [1.54, 1.807) is 29.4 Å². The van der Waals surface area contributed by atoms with Gasteiger partial charge in [0.1, 0.15) is 11.6 Å². The van der Waals surface area contributed by atoms with E-state index in [1.807, 2.05) is 20.8 Å². The lowest BCUT2D eigenvalue weighted by Gasteiger charge is -2.24. The van der Waals surface area contributed by atoms with Crippen molar-refractivity contribution in [2.45, 2.75) is 45.3 Å². The van der Waals surface area contributed by atoms with Gasteiger partial charge in [-0.15, -0.1) is 0 Å². The highest BCUT2D eigenvalue weighted by molar-refractivity contribution is 7.16. The van der Waals surface area contributed by atoms with E-state index in [4.69, 9.17) is 4.74 Å². The summed E-state index contributed by atoms with van der Waals surface area (Å²) < 4.78 is 5.40. The Morgan fingerprint density at radius 1 is 1.31 bits per heavy atom. The maximum Gasteiger partial charge on any atom is 0.410 e. The molecule has 0 radical (unpaired) electrons. The lowest BCUT2D eigenvalue weighted by Crippen LogP contribution is -2.36. The largest absolute Gasteiger partial charge is 0.444 e. The Morgan fingerprint density at radius 3 is 2.84 bits per heavy atom. The molecule has 1 unspecified atom stereocenters. The number of hydrogen-bond donors (Lipinski definition) is 2. The van der Waals surface area contributed by atoms with E-state index in [2.05, 4.69) is 20.6 Å². The third-order valence-electron chi connectivity index (χ3n) is 5.35. The molecule has 4 heterocycles. The predicted molar refractivity (Wildman–Crippen MR) is 120 cm³/mol. The number of ketones is 1. The van der Waals surface area contributed by atoms with Crippen LogP contribution in [0.1, 0.15) is 54.2 Å². The number of anilines is 1. The summed E-state index contributed by atoms with van der Waals surface area (Å²) in [4.78, 5) is 49.0. The summed E-state index contributed by atoms with van der Waals surface area (Å²) in [6, 6.07) is 2.98. The molecule has 0 aromatic carbocycles. The fourth-order valence-corrected chi connectivity index (χ4v) is 4.90. The molecule has 1 saturated heterocycles. The zero-order valence-electron chi connectivity index (χ0n) is 18.4. The van der Waals surface area contributed by atoms with Gasteiger partial charge in [-0.1, -0.05) is 11.3 Å². The minimum atomic E-state index is -0.574. The van der Waals surface area contributed by atoms with Gasteiger partial charge < -0.3 is 20.3 Å². The minimum Gasteiger partial charge on any atom is -0.444 e. The highest BCUT2D eigenvalue weighted by Gasteiger charge is 2.35. The van der Waals surface area contributed by atoms with Crippen LogP contribution in [0.5, 0.6) is 0 Å². The highest BCUT2D eigenvalue weighted by atomic mass is 32.1. The van der Waals surface area contributed by atoms with Crippen LogP contribution in [-0.4, -0.2) is 57.9 Å². The van der Waals surface area contributed by atoms with Gasteiger partial charge in [0, 0.05) is 44.0 Å². The number of nitrogens with zero attached hydrogens (tertiary/aromatic N) is 3. The first kappa shape index (κ1) is 22.3. The van der Waals surface area contributed by atoms with Crippen LogP contribution in [0, 0.1) is 5.92 Å². The number of ether oxygens (including phenoxy) is 1. The van der Waals surface area contributed by atoms with Crippen LogP contribution in [-0.2, 0) is 16.0 Å². The average Bonchev–Trinajstić information content (AvgIpc) is 3.39. The topological polar surface area (TPSA) is 114 Å². The number of Topliss-reactive ketones (excluding diaryl/α,β-unsaturated/α-hetero) is 1. The Balaban J connectivity index is 1.41. The molecule has 0 bridgehead atoms. The summed E-state index contributed by atoms with van der Waals surface area (Å²) in [7, 11) is 0. The van der Waals surface area contributed by atoms with Crippen molar-refractivity contribution in [3.8, 4) is 0 Å². The molecule has 2 N–H and O–H groups in total. The van der Waals surface area contributed by atoms with Crippen LogP contribution in [0.15, 0.2) is 24.5 Å². The van der Waals surface area contributed by atoms with Gasteiger partial charge in [0.15, 0.2) is 10.9 Å². The van der Waals surface area contributed by atoms with Crippen LogP contribution < -0.4 is 10.6 Å². The number of carbonyl (C=O) groups is 3. The monoisotopic (exact) mass is 457 g/mol. The molecule has 2 atom stereocenters. The predicted octanol–water partition coefficient (Wildman–Crippen LogP) is 2.80. The molecule has 170 valence electrons. The van der Waals surface area contributed by atoms with Gasteiger partial charge in [0.2, 0.25) is 5.91 Å². The second kappa shape index (κ2) is 8.95. The summed E-state index contributed by atoms with van der Waals surface area (Å²) in [6.45, 7) is 6.88. The number of rotatable bonds is 4. The molecule has 2 aliphatic rings. The Morgan fingerprint density at radius 2 is 2.12 bits per heavy atom. The van der Waals surface area contributed by atoms with E-state index in [9.17, 15) is 14.4 Å². The van der Waals surface area contributed by atoms with E-state index in [1.165, 1.54) is 11.3 Å². The lowest BCUT2D eigenvalue weighted by atomic mass is 10.00. The van der Waals surface area contributed by atoms with Crippen LogP contribution in [0.4, 0.5) is 9.93 Å². The van der Waals surface area contributed by atoms with Crippen molar-refractivity contribution in [1.29, 1.82) is 0 Å². The third kappa shape index (κ3) is 4.97. The summed E-state index contributed by atoms with van der Waals surface area (Å²) >= 11 is 1.32. The number of likely N-dealkylation sites (tertiary alicyclic amines) is 1. The molecule has 9 nitrogen and oxygen atoms in total. The second-order valence-electron chi connectivity index (χ2n) is 8.97. The molecule has 0 saturated carbocycles. The van der Waals surface area contributed by atoms with Crippen molar-refractivity contribution in [2.75, 3.05) is 25.0 Å². The maximum absolute atomic E-state index is 12.9. The van der Waals surface area contributed by atoms with Crippen LogP contribution in [0.2, 0.25) is 0 Å². The smallest absolute Gasteiger partial charge is 0.410 e. The first-order valence-electron chi connectivity index (χ1n) is 10.7. The molecule has 2 amide bonds. The van der Waals surface area contributed by atoms with E-state index in [0.29, 0.717) is 43.2 Å². The number of fused-ring (bicyclic) bond motifs is 1. The summed E-state index contributed by atoms with van der Waals surface area (Å²) in [5.74, 6) is -0.566. The fourth-order valence-electron chi connectivity index (χ4n) is 3.81. The van der Waals surface area contributed by atoms with Gasteiger partial charge >= 0.3 is 6.09 Å². The van der Waals surface area contributed by atoms with Crippen molar-refractivity contribution in [3.63, 3.8) is 0 Å². The molecule has 0 spiro atoms. The van der Waals surface area contributed by atoms with Gasteiger partial charge in [-0.05, 0) is 39.3 Å². The van der Waals surface area contributed by atoms with Crippen molar-refractivity contribution in [3.05, 3.63) is 40.7 Å². The fraction of sp³-hybridized carbons (Fsp3) is 0.500. The molecule has 2 aliphatic heterocycles. The quantitative estimate of drug-likeness (QED) is 0.679. The van der Waals surface area contributed by atoms with Gasteiger partial charge in [-0.2, -0.15) is 0 Å². The first-order valence-corrected chi connectivity index (χ1v) is 11.5. The van der Waals surface area contributed by atoms with Crippen LogP contribution >= 0.6 is 11.3 Å². The number of amides is 2. The molecule has 0 aliphatic carbocycles. The third-order valence-corrected chi connectivity index (χ3v) is 6.43. The number of thiazole rings is 1. The van der Waals surface area contributed by atoms with Gasteiger partial charge in [-0.25, -0.2) is 9.78 Å². The zero-order valence-corrected chi connectivity index (χ0v) is 19.2. The minimum absolute atomic E-state index is 0.0654. The first-order chi connectivity index (χ1) is 15.2. The molecule has 32 heavy (non-hydrogen) atoms. The van der Waals surface area contributed by atoms with Gasteiger partial charge in [0.05, 0.1) is 16.5 Å². The standard InChI is InChI=1S/C22H27N5O4S/c1-22(2,3)31-21(30)27-10-7-14(12-27)19(29)26-20-25-15-6-9-24-16(18(15)32-20)17(28)13-5-4-8-23-11-13/h4-5,8,11,14,16,24H,6-7,9-10,12H2,1-3H3,(H,25,26,29)/t14-,16?/m0/s1. The number of aromatic nitrogens is 2. The van der Waals surface area contributed by atoms with Crippen molar-refractivity contribution < 1.29 is 19.1 Å². The molecule has 10 heteroatoms. The Bertz CT molecular complexity index is 1020. The Kier molecular flexibility index (Phi) is 6.25. The van der Waals surface area contributed by atoms with Crippen molar-refractivity contribution >= 4 is 34.3 Å². The summed E-state index contributed by atoms with van der Waals surface area (Å²) in [5.41, 5.74) is 0.785. The molecule has 1 fully saturated rings. The van der Waals surface area contributed by atoms with E-state index < -0.39 is 17.7 Å². The maximum atomic E-state index is 12.9. The summed E-state index contributed by atoms with van der Waals surface area (Å²) in [6.07, 6.45) is 4.04. The number of carbonyl (C=O) groups excluding carboxylic acids is 3. The van der Waals surface area contributed by atoms with Crippen LogP contribution in [0.25, 0.3) is 0 Å². The second-order valence-corrected chi connectivity index (χ2v) is 10.0. The average molecular weight is 458 g/mol. The van der Waals surface area contributed by atoms with Crippen LogP contribution in [0.3, 0.4) is 0 Å². The van der Waals surface area contributed by atoms with E-state index >= 15 is 0 Å². The number of pyridine rings is 1. The molecule has 2 aromatic rings. The van der Waals surface area contributed by atoms with Gasteiger partial charge in [-0.3, -0.25) is 14.6 Å².